The van der Waals surface area contributed by atoms with Crippen LogP contribution in [0.4, 0.5) is 5.82 Å². The molecule has 2 aromatic heterocycles. The Hall–Kier alpha value is -2.67. The standard InChI is InChI=1S/C17H18N4O2S/c1-14-7-6-10-17(19-14)20(2)24(22,23)16-11-18-21(13-16)12-15-8-4-3-5-9-15/h3-11,13H,12H2,1-2H3. The van der Waals surface area contributed by atoms with Crippen LogP contribution < -0.4 is 4.31 Å². The molecule has 0 aliphatic rings. The van der Waals surface area contributed by atoms with Crippen LogP contribution >= 0.6 is 0 Å². The van der Waals surface area contributed by atoms with Crippen LogP contribution in [0.5, 0.6) is 0 Å². The lowest BCUT2D eigenvalue weighted by Gasteiger charge is -2.17. The quantitative estimate of drug-likeness (QED) is 0.714. The van der Waals surface area contributed by atoms with Gasteiger partial charge in [0.15, 0.2) is 0 Å². The monoisotopic (exact) mass is 342 g/mol. The maximum atomic E-state index is 12.7. The van der Waals surface area contributed by atoms with Crippen LogP contribution in [-0.2, 0) is 16.6 Å². The van der Waals surface area contributed by atoms with Gasteiger partial charge in [-0.3, -0.25) is 8.99 Å². The summed E-state index contributed by atoms with van der Waals surface area (Å²) in [4.78, 5) is 4.40. The van der Waals surface area contributed by atoms with E-state index in [4.69, 9.17) is 0 Å². The molecule has 0 aliphatic heterocycles. The van der Waals surface area contributed by atoms with Gasteiger partial charge in [0.1, 0.15) is 10.7 Å². The highest BCUT2D eigenvalue weighted by atomic mass is 32.2. The molecule has 0 N–H and O–H groups in total. The van der Waals surface area contributed by atoms with Crippen LogP contribution in [0, 0.1) is 6.92 Å². The van der Waals surface area contributed by atoms with Gasteiger partial charge < -0.3 is 0 Å². The first-order valence-electron chi connectivity index (χ1n) is 7.46. The van der Waals surface area contributed by atoms with Crippen molar-refractivity contribution in [2.45, 2.75) is 18.4 Å². The predicted octanol–water partition coefficient (Wildman–Crippen LogP) is 2.46. The third-order valence-corrected chi connectivity index (χ3v) is 5.37. The summed E-state index contributed by atoms with van der Waals surface area (Å²) < 4.78 is 28.3. The molecule has 0 atom stereocenters. The number of hydrogen-bond acceptors (Lipinski definition) is 4. The lowest BCUT2D eigenvalue weighted by Crippen LogP contribution is -2.27. The zero-order chi connectivity index (χ0) is 17.2. The van der Waals surface area contributed by atoms with Crippen molar-refractivity contribution in [2.24, 2.45) is 0 Å². The second kappa shape index (κ2) is 6.45. The summed E-state index contributed by atoms with van der Waals surface area (Å²) in [6, 6.07) is 15.0. The molecule has 3 rings (SSSR count). The maximum absolute atomic E-state index is 12.7. The highest BCUT2D eigenvalue weighted by Gasteiger charge is 2.24. The van der Waals surface area contributed by atoms with Crippen LogP contribution in [0.15, 0.2) is 65.8 Å². The minimum atomic E-state index is -3.69. The molecule has 7 heteroatoms. The van der Waals surface area contributed by atoms with Gasteiger partial charge in [0.2, 0.25) is 0 Å². The molecule has 0 aliphatic carbocycles. The fourth-order valence-electron chi connectivity index (χ4n) is 2.32. The molecule has 0 bridgehead atoms. The molecule has 0 amide bonds. The Kier molecular flexibility index (Phi) is 4.35. The number of pyridine rings is 1. The zero-order valence-corrected chi connectivity index (χ0v) is 14.3. The van der Waals surface area contributed by atoms with E-state index in [9.17, 15) is 8.42 Å². The van der Waals surface area contributed by atoms with Gasteiger partial charge in [0, 0.05) is 18.9 Å². The molecule has 0 radical (unpaired) electrons. The number of aryl methyl sites for hydroxylation is 1. The van der Waals surface area contributed by atoms with Crippen LogP contribution in [-0.4, -0.2) is 30.2 Å². The number of benzene rings is 1. The summed E-state index contributed by atoms with van der Waals surface area (Å²) in [7, 11) is -2.20. The average molecular weight is 342 g/mol. The van der Waals surface area contributed by atoms with Gasteiger partial charge in [-0.15, -0.1) is 0 Å². The fourth-order valence-corrected chi connectivity index (χ4v) is 3.42. The first-order chi connectivity index (χ1) is 11.5. The Morgan fingerprint density at radius 3 is 2.54 bits per heavy atom. The second-order valence-corrected chi connectivity index (χ2v) is 7.44. The maximum Gasteiger partial charge on any atom is 0.268 e. The lowest BCUT2D eigenvalue weighted by atomic mass is 10.2. The highest BCUT2D eigenvalue weighted by molar-refractivity contribution is 7.92. The Labute approximate surface area is 141 Å². The molecular formula is C17H18N4O2S. The SMILES string of the molecule is Cc1cccc(N(C)S(=O)(=O)c2cnn(Cc3ccccc3)c2)n1. The Balaban J connectivity index is 1.85. The van der Waals surface area contributed by atoms with Gasteiger partial charge in [-0.2, -0.15) is 5.10 Å². The second-order valence-electron chi connectivity index (χ2n) is 5.47. The van der Waals surface area contributed by atoms with Crippen LogP contribution in [0.1, 0.15) is 11.3 Å². The minimum absolute atomic E-state index is 0.143. The van der Waals surface area contributed by atoms with E-state index in [0.29, 0.717) is 12.4 Å². The van der Waals surface area contributed by atoms with Gasteiger partial charge in [0.25, 0.3) is 10.0 Å². The molecule has 0 saturated heterocycles. The largest absolute Gasteiger partial charge is 0.268 e. The molecule has 1 aromatic carbocycles. The zero-order valence-electron chi connectivity index (χ0n) is 13.5. The number of sulfonamides is 1. The van der Waals surface area contributed by atoms with Gasteiger partial charge in [-0.1, -0.05) is 36.4 Å². The summed E-state index contributed by atoms with van der Waals surface area (Å²) in [5.74, 6) is 0.380. The number of rotatable bonds is 5. The van der Waals surface area contributed by atoms with E-state index >= 15 is 0 Å². The number of anilines is 1. The third-order valence-electron chi connectivity index (χ3n) is 3.65. The molecule has 0 saturated carbocycles. The lowest BCUT2D eigenvalue weighted by molar-refractivity contribution is 0.593. The summed E-state index contributed by atoms with van der Waals surface area (Å²) in [5.41, 5.74) is 1.81. The number of hydrogen-bond donors (Lipinski definition) is 0. The first kappa shape index (κ1) is 16.2. The van der Waals surface area contributed by atoms with E-state index in [1.165, 1.54) is 23.7 Å². The van der Waals surface area contributed by atoms with Crippen LogP contribution in [0.3, 0.4) is 0 Å². The topological polar surface area (TPSA) is 68.1 Å². The highest BCUT2D eigenvalue weighted by Crippen LogP contribution is 2.20. The summed E-state index contributed by atoms with van der Waals surface area (Å²) >= 11 is 0. The Bertz CT molecular complexity index is 936. The van der Waals surface area contributed by atoms with Crippen LogP contribution in [0.2, 0.25) is 0 Å². The van der Waals surface area contributed by atoms with Gasteiger partial charge in [0.05, 0.1) is 12.7 Å². The smallest absolute Gasteiger partial charge is 0.267 e. The molecular weight excluding hydrogens is 324 g/mol. The van der Waals surface area contributed by atoms with Gasteiger partial charge in [-0.25, -0.2) is 13.4 Å². The average Bonchev–Trinajstić information content (AvgIpc) is 3.04. The van der Waals surface area contributed by atoms with Crippen molar-refractivity contribution in [3.8, 4) is 0 Å². The molecule has 124 valence electrons. The normalized spacial score (nSPS) is 11.4. The molecule has 6 nitrogen and oxygen atoms in total. The fraction of sp³-hybridized carbons (Fsp3) is 0.176. The third kappa shape index (κ3) is 3.30. The molecule has 0 fully saturated rings. The van der Waals surface area contributed by atoms with E-state index < -0.39 is 10.0 Å². The number of aromatic nitrogens is 3. The molecule has 2 heterocycles. The molecule has 24 heavy (non-hydrogen) atoms. The van der Waals surface area contributed by atoms with E-state index in [1.807, 2.05) is 43.3 Å². The molecule has 0 spiro atoms. The Morgan fingerprint density at radius 2 is 1.83 bits per heavy atom. The van der Waals surface area contributed by atoms with Crippen LogP contribution in [0.25, 0.3) is 0 Å². The van der Waals surface area contributed by atoms with Gasteiger partial charge >= 0.3 is 0 Å². The summed E-state index contributed by atoms with van der Waals surface area (Å²) in [6.07, 6.45) is 2.90. The molecule has 3 aromatic rings. The Morgan fingerprint density at radius 1 is 1.08 bits per heavy atom. The minimum Gasteiger partial charge on any atom is -0.267 e. The van der Waals surface area contributed by atoms with Crippen molar-refractivity contribution in [2.75, 3.05) is 11.4 Å². The predicted molar refractivity (Wildman–Crippen MR) is 92.3 cm³/mol. The van der Waals surface area contributed by atoms with E-state index in [-0.39, 0.29) is 4.90 Å². The van der Waals surface area contributed by atoms with Crippen molar-refractivity contribution in [3.05, 3.63) is 72.2 Å². The van der Waals surface area contributed by atoms with Crippen molar-refractivity contribution in [1.29, 1.82) is 0 Å². The summed E-state index contributed by atoms with van der Waals surface area (Å²) in [5, 5.41) is 4.16. The van der Waals surface area contributed by atoms with E-state index in [1.54, 1.807) is 16.8 Å². The summed E-state index contributed by atoms with van der Waals surface area (Å²) in [6.45, 7) is 2.34. The van der Waals surface area contributed by atoms with Crippen molar-refractivity contribution in [3.63, 3.8) is 0 Å². The van der Waals surface area contributed by atoms with Gasteiger partial charge in [-0.05, 0) is 24.6 Å². The molecule has 0 unspecified atom stereocenters. The van der Waals surface area contributed by atoms with E-state index in [2.05, 4.69) is 10.1 Å². The first-order valence-corrected chi connectivity index (χ1v) is 8.90. The van der Waals surface area contributed by atoms with Crippen molar-refractivity contribution in [1.82, 2.24) is 14.8 Å². The van der Waals surface area contributed by atoms with Crippen molar-refractivity contribution >= 4 is 15.8 Å². The van der Waals surface area contributed by atoms with Crippen molar-refractivity contribution < 1.29 is 8.42 Å². The number of nitrogens with zero attached hydrogens (tertiary/aromatic N) is 4. The van der Waals surface area contributed by atoms with E-state index in [0.717, 1.165) is 11.3 Å².